The molecule has 0 aliphatic carbocycles. The van der Waals surface area contributed by atoms with E-state index in [0.717, 1.165) is 121 Å². The smallest absolute Gasteiger partial charge is 0.462 e. The van der Waals surface area contributed by atoms with Crippen LogP contribution in [0.1, 0.15) is 395 Å². The summed E-state index contributed by atoms with van der Waals surface area (Å²) in [6.45, 7) is 9.51. The Bertz CT molecular complexity index is 2000. The number of phosphoric ester groups is 2. The Morgan fingerprint density at radius 1 is 0.313 bits per heavy atom. The lowest BCUT2D eigenvalue weighted by Gasteiger charge is -2.21. The molecule has 0 spiro atoms. The molecule has 0 saturated carbocycles. The predicted molar refractivity (Wildman–Crippen MR) is 404 cm³/mol. The summed E-state index contributed by atoms with van der Waals surface area (Å²) in [6.07, 6.45) is 63.3. The van der Waals surface area contributed by atoms with Gasteiger partial charge < -0.3 is 33.8 Å². The van der Waals surface area contributed by atoms with Gasteiger partial charge in [-0.15, -0.1) is 0 Å². The monoisotopic (exact) mass is 1450 g/mol. The quantitative estimate of drug-likeness (QED) is 0.0169. The van der Waals surface area contributed by atoms with E-state index in [9.17, 15) is 43.2 Å². The molecule has 5 atom stereocenters. The summed E-state index contributed by atoms with van der Waals surface area (Å²) in [6, 6.07) is 0. The van der Waals surface area contributed by atoms with Crippen molar-refractivity contribution in [3.8, 4) is 0 Å². The van der Waals surface area contributed by atoms with Crippen molar-refractivity contribution in [2.75, 3.05) is 39.6 Å². The highest BCUT2D eigenvalue weighted by atomic mass is 31.2. The highest BCUT2D eigenvalue weighted by Crippen LogP contribution is 2.45. The number of unbranched alkanes of at least 4 members (excludes halogenated alkanes) is 44. The number of hydrogen-bond acceptors (Lipinski definition) is 15. The van der Waals surface area contributed by atoms with Crippen LogP contribution in [0.2, 0.25) is 0 Å². The summed E-state index contributed by atoms with van der Waals surface area (Å²) in [4.78, 5) is 72.9. The highest BCUT2D eigenvalue weighted by Gasteiger charge is 2.30. The summed E-state index contributed by atoms with van der Waals surface area (Å²) in [5, 5.41) is 10.6. The first-order valence-electron chi connectivity index (χ1n) is 40.8. The molecule has 0 amide bonds. The van der Waals surface area contributed by atoms with E-state index < -0.39 is 97.5 Å². The summed E-state index contributed by atoms with van der Waals surface area (Å²) in [5.41, 5.74) is 0. The van der Waals surface area contributed by atoms with Gasteiger partial charge in [-0.3, -0.25) is 37.3 Å². The number of aliphatic hydroxyl groups is 1. The van der Waals surface area contributed by atoms with Crippen molar-refractivity contribution in [3.63, 3.8) is 0 Å². The first-order chi connectivity index (χ1) is 47.9. The van der Waals surface area contributed by atoms with Crippen LogP contribution in [0, 0.1) is 11.8 Å². The molecule has 0 bridgehead atoms. The molecule has 0 aliphatic rings. The molecule has 0 saturated heterocycles. The summed E-state index contributed by atoms with van der Waals surface area (Å²) >= 11 is 0. The van der Waals surface area contributed by atoms with Crippen molar-refractivity contribution in [3.05, 3.63) is 24.3 Å². The number of allylic oxidation sites excluding steroid dienone is 4. The van der Waals surface area contributed by atoms with Gasteiger partial charge >= 0.3 is 39.5 Å². The molecule has 0 aromatic rings. The van der Waals surface area contributed by atoms with E-state index in [1.54, 1.807) is 0 Å². The number of phosphoric acid groups is 2. The van der Waals surface area contributed by atoms with Gasteiger partial charge in [0.15, 0.2) is 12.2 Å². The summed E-state index contributed by atoms with van der Waals surface area (Å²) in [5.74, 6) is -0.667. The SMILES string of the molecule is CCCCCC/C=C\C=C/CCCCCCCC(=O)OC[C@H](COP(=O)(O)OC[C@@H](O)COP(=O)(O)OC[C@@H](COC(=O)CCCCCCCCCCC(C)C)OC(=O)CCCCCCCCCCCCC(C)C)OC(=O)CCCCCCCCCCCCCCCCCCCCCC. The maximum atomic E-state index is 13.1. The maximum Gasteiger partial charge on any atom is 0.472 e. The molecule has 0 aromatic carbocycles. The normalized spacial score (nSPS) is 14.1. The Balaban J connectivity index is 5.27. The third-order valence-electron chi connectivity index (χ3n) is 18.1. The molecule has 99 heavy (non-hydrogen) atoms. The molecular formula is C80H152O17P2. The standard InChI is InChI=1S/C80H152O17P2/c1-7-9-11-13-15-17-19-21-23-24-25-26-27-29-31-33-38-46-52-58-64-79(84)96-75(68-90-77(82)62-56-50-44-37-32-30-28-22-20-18-16-14-12-10-8-2)70-94-98(86,87)92-66-74(81)67-93-99(88,89)95-71-76(69-91-78(83)63-57-51-45-41-40-43-49-55-61-73(5)6)97-80(85)65-59-53-47-39-35-34-36-42-48-54-60-72(3)4/h18,20,22,28,72-76,81H,7-17,19,21,23-27,29-71H2,1-6H3,(H,86,87)(H,88,89)/b20-18-,28-22-/t74-,75-,76-/m1/s1. The number of ether oxygens (including phenoxy) is 4. The van der Waals surface area contributed by atoms with E-state index in [2.05, 4.69) is 65.8 Å². The Labute approximate surface area is 605 Å². The Hall–Kier alpha value is -2.46. The number of aliphatic hydroxyl groups excluding tert-OH is 1. The van der Waals surface area contributed by atoms with Crippen molar-refractivity contribution < 1.29 is 80.2 Å². The number of carbonyl (C=O) groups excluding carboxylic acids is 4. The zero-order chi connectivity index (χ0) is 72.8. The zero-order valence-electron chi connectivity index (χ0n) is 64.3. The average Bonchev–Trinajstić information content (AvgIpc) is 0.953. The van der Waals surface area contributed by atoms with E-state index in [4.69, 9.17) is 37.0 Å². The van der Waals surface area contributed by atoms with Crippen LogP contribution in [-0.2, 0) is 65.4 Å². The molecule has 0 aromatic heterocycles. The van der Waals surface area contributed by atoms with Crippen LogP contribution in [0.3, 0.4) is 0 Å². The predicted octanol–water partition coefficient (Wildman–Crippen LogP) is 23.4. The van der Waals surface area contributed by atoms with Crippen molar-refractivity contribution in [1.82, 2.24) is 0 Å². The van der Waals surface area contributed by atoms with Crippen molar-refractivity contribution in [1.29, 1.82) is 0 Å². The van der Waals surface area contributed by atoms with E-state index >= 15 is 0 Å². The second-order valence-corrected chi connectivity index (χ2v) is 32.0. The Morgan fingerprint density at radius 2 is 0.545 bits per heavy atom. The van der Waals surface area contributed by atoms with E-state index in [0.29, 0.717) is 25.7 Å². The van der Waals surface area contributed by atoms with E-state index in [1.165, 1.54) is 193 Å². The molecule has 0 rings (SSSR count). The van der Waals surface area contributed by atoms with Gasteiger partial charge in [-0.05, 0) is 63.2 Å². The molecule has 0 radical (unpaired) electrons. The van der Waals surface area contributed by atoms with Crippen LogP contribution in [-0.4, -0.2) is 96.7 Å². The number of hydrogen-bond donors (Lipinski definition) is 3. The van der Waals surface area contributed by atoms with Crippen LogP contribution < -0.4 is 0 Å². The average molecular weight is 1450 g/mol. The third-order valence-corrected chi connectivity index (χ3v) is 20.0. The minimum absolute atomic E-state index is 0.102. The molecular weight excluding hydrogens is 1290 g/mol. The second kappa shape index (κ2) is 71.2. The lowest BCUT2D eigenvalue weighted by atomic mass is 10.0. The van der Waals surface area contributed by atoms with Crippen LogP contribution in [0.15, 0.2) is 24.3 Å². The fraction of sp³-hybridized carbons (Fsp3) is 0.900. The fourth-order valence-electron chi connectivity index (χ4n) is 11.8. The molecule has 584 valence electrons. The number of rotatable bonds is 77. The van der Waals surface area contributed by atoms with Gasteiger partial charge in [-0.25, -0.2) is 9.13 Å². The first-order valence-corrected chi connectivity index (χ1v) is 43.8. The van der Waals surface area contributed by atoms with Gasteiger partial charge in [-0.2, -0.15) is 0 Å². The lowest BCUT2D eigenvalue weighted by molar-refractivity contribution is -0.161. The van der Waals surface area contributed by atoms with Crippen molar-refractivity contribution in [2.45, 2.75) is 413 Å². The minimum atomic E-state index is -4.97. The van der Waals surface area contributed by atoms with Gasteiger partial charge in [0, 0.05) is 25.7 Å². The van der Waals surface area contributed by atoms with Gasteiger partial charge in [0.25, 0.3) is 0 Å². The van der Waals surface area contributed by atoms with Crippen LogP contribution in [0.25, 0.3) is 0 Å². The van der Waals surface area contributed by atoms with Gasteiger partial charge in [0.05, 0.1) is 26.4 Å². The summed E-state index contributed by atoms with van der Waals surface area (Å²) < 4.78 is 68.6. The fourth-order valence-corrected chi connectivity index (χ4v) is 13.4. The van der Waals surface area contributed by atoms with E-state index in [-0.39, 0.29) is 25.7 Å². The molecule has 19 heteroatoms. The highest BCUT2D eigenvalue weighted by molar-refractivity contribution is 7.47. The van der Waals surface area contributed by atoms with Crippen LogP contribution in [0.4, 0.5) is 0 Å². The lowest BCUT2D eigenvalue weighted by Crippen LogP contribution is -2.30. The van der Waals surface area contributed by atoms with Crippen molar-refractivity contribution in [2.24, 2.45) is 11.8 Å². The van der Waals surface area contributed by atoms with Gasteiger partial charge in [0.2, 0.25) is 0 Å². The number of carbonyl (C=O) groups is 4. The van der Waals surface area contributed by atoms with Gasteiger partial charge in [-0.1, -0.05) is 342 Å². The summed E-state index contributed by atoms with van der Waals surface area (Å²) in [7, 11) is -9.93. The first kappa shape index (κ1) is 96.5. The Morgan fingerprint density at radius 3 is 0.828 bits per heavy atom. The molecule has 2 unspecified atom stereocenters. The molecule has 0 aliphatic heterocycles. The maximum absolute atomic E-state index is 13.1. The minimum Gasteiger partial charge on any atom is -0.462 e. The zero-order valence-corrected chi connectivity index (χ0v) is 66.1. The topological polar surface area (TPSA) is 237 Å². The van der Waals surface area contributed by atoms with E-state index in [1.807, 2.05) is 0 Å². The van der Waals surface area contributed by atoms with Crippen molar-refractivity contribution >= 4 is 39.5 Å². The molecule has 0 fully saturated rings. The molecule has 17 nitrogen and oxygen atoms in total. The third kappa shape index (κ3) is 73.6. The molecule has 3 N–H and O–H groups in total. The number of esters is 4. The Kier molecular flexibility index (Phi) is 69.4. The van der Waals surface area contributed by atoms with Crippen LogP contribution >= 0.6 is 15.6 Å². The molecule has 0 heterocycles. The second-order valence-electron chi connectivity index (χ2n) is 29.1. The largest absolute Gasteiger partial charge is 0.472 e. The van der Waals surface area contributed by atoms with Gasteiger partial charge in [0.1, 0.15) is 19.3 Å². The van der Waals surface area contributed by atoms with Crippen LogP contribution in [0.5, 0.6) is 0 Å².